The molecule has 8 heteroatoms. The number of anilines is 2. The number of aromatic amines is 1. The largest absolute Gasteiger partial charge is 0.352 e. The van der Waals surface area contributed by atoms with Crippen molar-refractivity contribution >= 4 is 28.4 Å². The van der Waals surface area contributed by atoms with Gasteiger partial charge in [-0.2, -0.15) is 10.1 Å². The zero-order valence-electron chi connectivity index (χ0n) is 19.2. The van der Waals surface area contributed by atoms with Crippen molar-refractivity contribution in [1.82, 2.24) is 30.3 Å². The SMILES string of the molecule is CCc1c(Nc2nc(-c3ccc(C(=O)NCC(C)(C)C)cc3)nn2C)ccc2[nH]ncc12. The first-order valence-electron chi connectivity index (χ1n) is 10.8. The summed E-state index contributed by atoms with van der Waals surface area (Å²) >= 11 is 0. The minimum absolute atomic E-state index is 0.0384. The van der Waals surface area contributed by atoms with E-state index < -0.39 is 0 Å². The molecule has 0 fully saturated rings. The predicted octanol–water partition coefficient (Wildman–Crippen LogP) is 4.44. The highest BCUT2D eigenvalue weighted by Gasteiger charge is 2.15. The van der Waals surface area contributed by atoms with E-state index in [1.165, 1.54) is 5.56 Å². The van der Waals surface area contributed by atoms with E-state index in [9.17, 15) is 4.79 Å². The first kappa shape index (κ1) is 21.5. The molecule has 2 aromatic heterocycles. The summed E-state index contributed by atoms with van der Waals surface area (Å²) in [7, 11) is 1.86. The van der Waals surface area contributed by atoms with Gasteiger partial charge in [-0.1, -0.05) is 39.8 Å². The van der Waals surface area contributed by atoms with Crippen LogP contribution in [0.4, 0.5) is 11.6 Å². The third-order valence-corrected chi connectivity index (χ3v) is 5.28. The van der Waals surface area contributed by atoms with Crippen LogP contribution in [0.5, 0.6) is 0 Å². The molecular formula is C24H29N7O. The number of nitrogens with zero attached hydrogens (tertiary/aromatic N) is 4. The van der Waals surface area contributed by atoms with Gasteiger partial charge in [0.05, 0.1) is 11.7 Å². The van der Waals surface area contributed by atoms with Gasteiger partial charge in [-0.15, -0.1) is 5.10 Å². The summed E-state index contributed by atoms with van der Waals surface area (Å²) in [6, 6.07) is 11.4. The fourth-order valence-corrected chi connectivity index (χ4v) is 3.53. The van der Waals surface area contributed by atoms with Crippen molar-refractivity contribution in [1.29, 1.82) is 0 Å². The summed E-state index contributed by atoms with van der Waals surface area (Å²) < 4.78 is 1.72. The highest BCUT2D eigenvalue weighted by molar-refractivity contribution is 5.94. The molecule has 0 aliphatic rings. The Kier molecular flexibility index (Phi) is 5.69. The Labute approximate surface area is 187 Å². The van der Waals surface area contributed by atoms with Crippen LogP contribution in [-0.4, -0.2) is 37.4 Å². The molecule has 0 aliphatic carbocycles. The summed E-state index contributed by atoms with van der Waals surface area (Å²) in [6.07, 6.45) is 2.71. The maximum atomic E-state index is 12.4. The number of benzene rings is 2. The van der Waals surface area contributed by atoms with Gasteiger partial charge in [-0.05, 0) is 41.7 Å². The summed E-state index contributed by atoms with van der Waals surface area (Å²) in [5.41, 5.74) is 4.67. The third kappa shape index (κ3) is 4.49. The summed E-state index contributed by atoms with van der Waals surface area (Å²) in [5.74, 6) is 1.16. The Morgan fingerprint density at radius 2 is 1.88 bits per heavy atom. The van der Waals surface area contributed by atoms with Crippen LogP contribution in [0.2, 0.25) is 0 Å². The molecule has 4 rings (SSSR count). The molecule has 32 heavy (non-hydrogen) atoms. The van der Waals surface area contributed by atoms with Crippen molar-refractivity contribution in [2.24, 2.45) is 12.5 Å². The number of aryl methyl sites for hydroxylation is 2. The Bertz CT molecular complexity index is 1250. The van der Waals surface area contributed by atoms with Crippen LogP contribution in [0.25, 0.3) is 22.3 Å². The Morgan fingerprint density at radius 1 is 1.12 bits per heavy atom. The molecule has 0 spiro atoms. The maximum Gasteiger partial charge on any atom is 0.251 e. The summed E-state index contributed by atoms with van der Waals surface area (Å²) in [4.78, 5) is 17.0. The number of amides is 1. The minimum Gasteiger partial charge on any atom is -0.352 e. The molecule has 1 amide bonds. The highest BCUT2D eigenvalue weighted by atomic mass is 16.1. The lowest BCUT2D eigenvalue weighted by molar-refractivity contribution is 0.0939. The van der Waals surface area contributed by atoms with Gasteiger partial charge in [0.15, 0.2) is 5.82 Å². The second-order valence-corrected chi connectivity index (χ2v) is 9.10. The molecule has 0 unspecified atom stereocenters. The zero-order valence-corrected chi connectivity index (χ0v) is 19.2. The molecule has 0 atom stereocenters. The number of hydrogen-bond donors (Lipinski definition) is 3. The quantitative estimate of drug-likeness (QED) is 0.419. The van der Waals surface area contributed by atoms with Crippen LogP contribution in [0.1, 0.15) is 43.6 Å². The Morgan fingerprint density at radius 3 is 2.56 bits per heavy atom. The lowest BCUT2D eigenvalue weighted by atomic mass is 9.97. The minimum atomic E-state index is -0.0791. The molecule has 0 saturated heterocycles. The number of aromatic nitrogens is 5. The van der Waals surface area contributed by atoms with E-state index in [4.69, 9.17) is 0 Å². The second kappa shape index (κ2) is 8.45. The third-order valence-electron chi connectivity index (χ3n) is 5.28. The van der Waals surface area contributed by atoms with Crippen LogP contribution in [0.15, 0.2) is 42.6 Å². The smallest absolute Gasteiger partial charge is 0.251 e. The number of nitrogens with one attached hydrogen (secondary N) is 3. The van der Waals surface area contributed by atoms with Gasteiger partial charge in [0.1, 0.15) is 0 Å². The lowest BCUT2D eigenvalue weighted by Gasteiger charge is -2.18. The van der Waals surface area contributed by atoms with Gasteiger partial charge >= 0.3 is 0 Å². The Hall–Kier alpha value is -3.68. The van der Waals surface area contributed by atoms with Crippen LogP contribution in [-0.2, 0) is 13.5 Å². The molecule has 0 saturated carbocycles. The monoisotopic (exact) mass is 431 g/mol. The van der Waals surface area contributed by atoms with Crippen molar-refractivity contribution in [3.8, 4) is 11.4 Å². The first-order valence-corrected chi connectivity index (χ1v) is 10.8. The van der Waals surface area contributed by atoms with Crippen LogP contribution in [0, 0.1) is 5.41 Å². The average Bonchev–Trinajstić information content (AvgIpc) is 3.38. The van der Waals surface area contributed by atoms with Crippen molar-refractivity contribution < 1.29 is 4.79 Å². The number of hydrogen-bond acceptors (Lipinski definition) is 5. The predicted molar refractivity (Wildman–Crippen MR) is 127 cm³/mol. The van der Waals surface area contributed by atoms with Crippen molar-refractivity contribution in [2.45, 2.75) is 34.1 Å². The average molecular weight is 432 g/mol. The fourth-order valence-electron chi connectivity index (χ4n) is 3.53. The van der Waals surface area contributed by atoms with Gasteiger partial charge in [-0.25, -0.2) is 4.68 Å². The van der Waals surface area contributed by atoms with Crippen molar-refractivity contribution in [2.75, 3.05) is 11.9 Å². The molecule has 0 aliphatic heterocycles. The van der Waals surface area contributed by atoms with Crippen LogP contribution < -0.4 is 10.6 Å². The molecule has 8 nitrogen and oxygen atoms in total. The van der Waals surface area contributed by atoms with E-state index in [-0.39, 0.29) is 11.3 Å². The van der Waals surface area contributed by atoms with Gasteiger partial charge in [-0.3, -0.25) is 9.89 Å². The van der Waals surface area contributed by atoms with Crippen LogP contribution in [0.3, 0.4) is 0 Å². The van der Waals surface area contributed by atoms with E-state index in [0.717, 1.165) is 28.6 Å². The van der Waals surface area contributed by atoms with Crippen LogP contribution >= 0.6 is 0 Å². The maximum absolute atomic E-state index is 12.4. The number of fused-ring (bicyclic) bond motifs is 1. The topological polar surface area (TPSA) is 101 Å². The number of H-pyrrole nitrogens is 1. The molecule has 2 heterocycles. The second-order valence-electron chi connectivity index (χ2n) is 9.10. The standard InChI is InChI=1S/C24H29N7O/c1-6-17-18-13-26-29-20(18)12-11-19(17)27-23-28-21(30-31(23)5)15-7-9-16(10-8-15)22(32)25-14-24(2,3)4/h7-13H,6,14H2,1-5H3,(H,25,32)(H,26,29)(H,27,28,30). The molecule has 166 valence electrons. The normalized spacial score (nSPS) is 11.7. The first-order chi connectivity index (χ1) is 15.2. The number of rotatable bonds is 6. The van der Waals surface area contributed by atoms with Gasteiger partial charge in [0.2, 0.25) is 5.95 Å². The van der Waals surface area contributed by atoms with Crippen molar-refractivity contribution in [3.63, 3.8) is 0 Å². The molecule has 2 aromatic carbocycles. The van der Waals surface area contributed by atoms with Gasteiger partial charge in [0, 0.05) is 35.8 Å². The highest BCUT2D eigenvalue weighted by Crippen LogP contribution is 2.28. The molecule has 0 bridgehead atoms. The summed E-state index contributed by atoms with van der Waals surface area (Å²) in [5, 5.41) is 19.2. The van der Waals surface area contributed by atoms with Gasteiger partial charge < -0.3 is 10.6 Å². The fraction of sp³-hybridized carbons (Fsp3) is 0.333. The van der Waals surface area contributed by atoms with E-state index in [0.29, 0.717) is 23.9 Å². The summed E-state index contributed by atoms with van der Waals surface area (Å²) in [6.45, 7) is 9.01. The van der Waals surface area contributed by atoms with Crippen molar-refractivity contribution in [3.05, 3.63) is 53.7 Å². The molecule has 4 aromatic rings. The van der Waals surface area contributed by atoms with E-state index in [1.807, 2.05) is 37.5 Å². The lowest BCUT2D eigenvalue weighted by Crippen LogP contribution is -2.32. The Balaban J connectivity index is 1.53. The number of carbonyl (C=O) groups excluding carboxylic acids is 1. The number of carbonyl (C=O) groups is 1. The molecule has 0 radical (unpaired) electrons. The van der Waals surface area contributed by atoms with E-state index in [1.54, 1.807) is 16.8 Å². The molecule has 3 N–H and O–H groups in total. The van der Waals surface area contributed by atoms with E-state index >= 15 is 0 Å². The van der Waals surface area contributed by atoms with E-state index in [2.05, 4.69) is 58.6 Å². The zero-order chi connectivity index (χ0) is 22.9. The molecular weight excluding hydrogens is 402 g/mol. The van der Waals surface area contributed by atoms with Gasteiger partial charge in [0.25, 0.3) is 5.91 Å².